The number of benzene rings is 1. The molecule has 2 aromatic rings. The molecule has 0 amide bonds. The lowest BCUT2D eigenvalue weighted by Gasteiger charge is -2.10. The van der Waals surface area contributed by atoms with Crippen molar-refractivity contribution < 1.29 is 14.0 Å². The van der Waals surface area contributed by atoms with Crippen molar-refractivity contribution in [1.29, 1.82) is 0 Å². The second kappa shape index (κ2) is 5.29. The first-order chi connectivity index (χ1) is 10.5. The average Bonchev–Trinajstić information content (AvgIpc) is 3.06. The first-order valence-electron chi connectivity index (χ1n) is 6.98. The summed E-state index contributed by atoms with van der Waals surface area (Å²) >= 11 is 0. The number of oxazole rings is 1. The Hall–Kier alpha value is -2.63. The van der Waals surface area contributed by atoms with E-state index in [9.17, 15) is 9.59 Å². The standard InChI is InChI=1S/C16H16N2O4/c1-9-6-10(2)14(11(3)7-9)12-8-13(22-17-12)15(19)18-4-5-21-16(18)20/h4-7,13H,8H2,1-3H3. The summed E-state index contributed by atoms with van der Waals surface area (Å²) in [6.07, 6.45) is 1.99. The highest BCUT2D eigenvalue weighted by Gasteiger charge is 2.32. The minimum absolute atomic E-state index is 0.335. The zero-order valence-corrected chi connectivity index (χ0v) is 12.6. The Kier molecular flexibility index (Phi) is 3.44. The molecule has 22 heavy (non-hydrogen) atoms. The number of nitrogens with zero attached hydrogens (tertiary/aromatic N) is 2. The number of carbonyl (C=O) groups is 1. The van der Waals surface area contributed by atoms with Crippen molar-refractivity contribution in [2.75, 3.05) is 0 Å². The van der Waals surface area contributed by atoms with Gasteiger partial charge in [-0.05, 0) is 31.9 Å². The lowest BCUT2D eigenvalue weighted by Crippen LogP contribution is -2.32. The third kappa shape index (κ3) is 2.36. The van der Waals surface area contributed by atoms with Crippen LogP contribution < -0.4 is 5.76 Å². The van der Waals surface area contributed by atoms with E-state index in [4.69, 9.17) is 4.84 Å². The van der Waals surface area contributed by atoms with Gasteiger partial charge in [-0.3, -0.25) is 4.79 Å². The molecule has 6 heteroatoms. The van der Waals surface area contributed by atoms with E-state index in [2.05, 4.69) is 21.7 Å². The molecule has 3 rings (SSSR count). The van der Waals surface area contributed by atoms with E-state index in [1.165, 1.54) is 18.0 Å². The molecule has 0 fully saturated rings. The maximum Gasteiger partial charge on any atom is 0.425 e. The molecular weight excluding hydrogens is 284 g/mol. The molecule has 1 aliphatic rings. The second-order valence-corrected chi connectivity index (χ2v) is 5.49. The van der Waals surface area contributed by atoms with Crippen LogP contribution in [0.1, 0.15) is 33.5 Å². The average molecular weight is 300 g/mol. The molecule has 1 aromatic carbocycles. The Morgan fingerprint density at radius 3 is 2.55 bits per heavy atom. The fraction of sp³-hybridized carbons (Fsp3) is 0.312. The Morgan fingerprint density at radius 1 is 1.27 bits per heavy atom. The summed E-state index contributed by atoms with van der Waals surface area (Å²) in [5, 5.41) is 4.05. The van der Waals surface area contributed by atoms with Crippen molar-refractivity contribution in [1.82, 2.24) is 4.57 Å². The highest BCUT2D eigenvalue weighted by atomic mass is 16.6. The summed E-state index contributed by atoms with van der Waals surface area (Å²) in [4.78, 5) is 28.9. The van der Waals surface area contributed by atoms with E-state index in [1.807, 2.05) is 20.8 Å². The van der Waals surface area contributed by atoms with Crippen molar-refractivity contribution in [3.8, 4) is 0 Å². The Bertz CT molecular complexity index is 806. The topological polar surface area (TPSA) is 73.8 Å². The fourth-order valence-corrected chi connectivity index (χ4v) is 2.88. The third-order valence-corrected chi connectivity index (χ3v) is 3.72. The van der Waals surface area contributed by atoms with Crippen LogP contribution in [0.2, 0.25) is 0 Å². The summed E-state index contributed by atoms with van der Waals surface area (Å²) in [6.45, 7) is 6.05. The summed E-state index contributed by atoms with van der Waals surface area (Å²) in [7, 11) is 0. The largest absolute Gasteiger partial charge is 0.425 e. The Labute approximate surface area is 127 Å². The van der Waals surface area contributed by atoms with Crippen LogP contribution in [-0.4, -0.2) is 22.3 Å². The number of rotatable bonds is 2. The van der Waals surface area contributed by atoms with E-state index in [0.717, 1.165) is 27.0 Å². The van der Waals surface area contributed by atoms with Crippen molar-refractivity contribution >= 4 is 11.6 Å². The maximum atomic E-state index is 12.2. The molecule has 114 valence electrons. The number of oxime groups is 1. The monoisotopic (exact) mass is 300 g/mol. The van der Waals surface area contributed by atoms with E-state index in [0.29, 0.717) is 6.42 Å². The van der Waals surface area contributed by atoms with Gasteiger partial charge in [-0.2, -0.15) is 0 Å². The Morgan fingerprint density at radius 2 is 1.95 bits per heavy atom. The number of hydrogen-bond acceptors (Lipinski definition) is 5. The van der Waals surface area contributed by atoms with Gasteiger partial charge in [0.15, 0.2) is 0 Å². The fourth-order valence-electron chi connectivity index (χ4n) is 2.88. The number of aryl methyl sites for hydroxylation is 3. The molecule has 0 radical (unpaired) electrons. The molecule has 0 aliphatic carbocycles. The molecule has 0 bridgehead atoms. The van der Waals surface area contributed by atoms with Crippen molar-refractivity contribution in [2.45, 2.75) is 33.3 Å². The summed E-state index contributed by atoms with van der Waals surface area (Å²) in [5.41, 5.74) is 5.09. The van der Waals surface area contributed by atoms with E-state index < -0.39 is 17.8 Å². The van der Waals surface area contributed by atoms with Crippen LogP contribution in [0.3, 0.4) is 0 Å². The van der Waals surface area contributed by atoms with Crippen molar-refractivity contribution in [3.63, 3.8) is 0 Å². The highest BCUT2D eigenvalue weighted by Crippen LogP contribution is 2.24. The van der Waals surface area contributed by atoms with Crippen LogP contribution in [-0.2, 0) is 4.84 Å². The van der Waals surface area contributed by atoms with Gasteiger partial charge < -0.3 is 9.25 Å². The van der Waals surface area contributed by atoms with Gasteiger partial charge in [-0.25, -0.2) is 9.36 Å². The minimum atomic E-state index is -0.801. The zero-order valence-electron chi connectivity index (χ0n) is 12.6. The predicted octanol–water partition coefficient (Wildman–Crippen LogP) is 2.20. The van der Waals surface area contributed by atoms with E-state index >= 15 is 0 Å². The molecule has 1 aliphatic heterocycles. The van der Waals surface area contributed by atoms with Gasteiger partial charge in [0.2, 0.25) is 6.10 Å². The number of hydrogen-bond donors (Lipinski definition) is 0. The quantitative estimate of drug-likeness (QED) is 0.852. The van der Waals surface area contributed by atoms with Gasteiger partial charge in [0.1, 0.15) is 6.26 Å². The molecule has 1 atom stereocenters. The Balaban J connectivity index is 1.85. The van der Waals surface area contributed by atoms with Gasteiger partial charge in [0, 0.05) is 12.0 Å². The first-order valence-corrected chi connectivity index (χ1v) is 6.98. The van der Waals surface area contributed by atoms with Crippen LogP contribution in [0.5, 0.6) is 0 Å². The SMILES string of the molecule is Cc1cc(C)c(C2=NOC(C(=O)n3ccoc3=O)C2)c(C)c1. The van der Waals surface area contributed by atoms with Gasteiger partial charge in [-0.15, -0.1) is 0 Å². The number of aromatic nitrogens is 1. The molecule has 1 aromatic heterocycles. The van der Waals surface area contributed by atoms with Gasteiger partial charge in [-0.1, -0.05) is 22.9 Å². The lowest BCUT2D eigenvalue weighted by atomic mass is 9.94. The van der Waals surface area contributed by atoms with Crippen LogP contribution in [0.15, 0.2) is 39.0 Å². The normalized spacial score (nSPS) is 17.2. The van der Waals surface area contributed by atoms with Gasteiger partial charge >= 0.3 is 5.76 Å². The molecule has 1 unspecified atom stereocenters. The first kappa shape index (κ1) is 14.3. The van der Waals surface area contributed by atoms with Gasteiger partial charge in [0.05, 0.1) is 11.9 Å². The van der Waals surface area contributed by atoms with Crippen molar-refractivity contribution in [2.24, 2.45) is 5.16 Å². The summed E-state index contributed by atoms with van der Waals surface area (Å²) < 4.78 is 5.50. The smallest absolute Gasteiger partial charge is 0.416 e. The summed E-state index contributed by atoms with van der Waals surface area (Å²) in [6, 6.07) is 4.14. The summed E-state index contributed by atoms with van der Waals surface area (Å²) in [5.74, 6) is -1.19. The molecular formula is C16H16N2O4. The molecule has 6 nitrogen and oxygen atoms in total. The molecule has 0 spiro atoms. The van der Waals surface area contributed by atoms with Crippen molar-refractivity contribution in [3.05, 3.63) is 57.4 Å². The molecule has 0 N–H and O–H groups in total. The maximum absolute atomic E-state index is 12.2. The van der Waals surface area contributed by atoms with E-state index in [-0.39, 0.29) is 0 Å². The molecule has 0 saturated heterocycles. The second-order valence-electron chi connectivity index (χ2n) is 5.49. The van der Waals surface area contributed by atoms with Gasteiger partial charge in [0.25, 0.3) is 5.91 Å². The predicted molar refractivity (Wildman–Crippen MR) is 80.3 cm³/mol. The van der Waals surface area contributed by atoms with E-state index in [1.54, 1.807) is 0 Å². The van der Waals surface area contributed by atoms with Crippen LogP contribution >= 0.6 is 0 Å². The van der Waals surface area contributed by atoms with Crippen LogP contribution in [0.25, 0.3) is 0 Å². The molecule has 2 heterocycles. The highest BCUT2D eigenvalue weighted by molar-refractivity contribution is 6.06. The van der Waals surface area contributed by atoms with Crippen LogP contribution in [0.4, 0.5) is 0 Å². The zero-order chi connectivity index (χ0) is 15.9. The van der Waals surface area contributed by atoms with Crippen LogP contribution in [0, 0.1) is 20.8 Å². The minimum Gasteiger partial charge on any atom is -0.416 e. The number of carbonyl (C=O) groups excluding carboxylic acids is 1. The lowest BCUT2D eigenvalue weighted by molar-refractivity contribution is 0.0463. The third-order valence-electron chi connectivity index (χ3n) is 3.72. The molecule has 0 saturated carbocycles.